The second-order valence-electron chi connectivity index (χ2n) is 3.43. The van der Waals surface area contributed by atoms with Gasteiger partial charge >= 0.3 is 0 Å². The lowest BCUT2D eigenvalue weighted by molar-refractivity contribution is 0.624. The predicted molar refractivity (Wildman–Crippen MR) is 68.9 cm³/mol. The fourth-order valence-electron chi connectivity index (χ4n) is 1.36. The van der Waals surface area contributed by atoms with Gasteiger partial charge < -0.3 is 5.32 Å². The predicted octanol–water partition coefficient (Wildman–Crippen LogP) is 1.98. The number of rotatable bonds is 4. The van der Waals surface area contributed by atoms with Crippen LogP contribution in [-0.2, 0) is 0 Å². The van der Waals surface area contributed by atoms with Crippen molar-refractivity contribution in [3.05, 3.63) is 24.8 Å². The minimum Gasteiger partial charge on any atom is -0.358 e. The van der Waals surface area contributed by atoms with E-state index >= 15 is 0 Å². The molecule has 0 aliphatic heterocycles. The van der Waals surface area contributed by atoms with Crippen molar-refractivity contribution in [1.82, 2.24) is 10.7 Å². The quantitative estimate of drug-likeness (QED) is 0.331. The number of thiocarbonyl (C=S) groups is 1. The maximum Gasteiger partial charge on any atom is 0.187 e. The van der Waals surface area contributed by atoms with E-state index < -0.39 is 0 Å². The summed E-state index contributed by atoms with van der Waals surface area (Å²) in [6, 6.07) is 0. The first kappa shape index (κ1) is 11.9. The molecule has 15 heavy (non-hydrogen) atoms. The summed E-state index contributed by atoms with van der Waals surface area (Å²) in [4.78, 5) is 0. The Morgan fingerprint density at radius 3 is 3.13 bits per heavy atom. The molecule has 82 valence electrons. The summed E-state index contributed by atoms with van der Waals surface area (Å²) in [6.45, 7) is 4.25. The number of hydrazone groups is 1. The van der Waals surface area contributed by atoms with Gasteiger partial charge in [-0.1, -0.05) is 18.2 Å². The van der Waals surface area contributed by atoms with Gasteiger partial charge in [-0.3, -0.25) is 5.43 Å². The zero-order valence-corrected chi connectivity index (χ0v) is 9.59. The highest BCUT2D eigenvalue weighted by Crippen LogP contribution is 2.15. The Bertz CT molecular complexity index is 271. The van der Waals surface area contributed by atoms with Gasteiger partial charge in [0.05, 0.1) is 0 Å². The molecule has 0 fully saturated rings. The van der Waals surface area contributed by atoms with Gasteiger partial charge in [0, 0.05) is 12.8 Å². The number of allylic oxidation sites excluding steroid dienone is 2. The summed E-state index contributed by atoms with van der Waals surface area (Å²) in [6.07, 6.45) is 11.5. The molecule has 0 amide bonds. The van der Waals surface area contributed by atoms with Gasteiger partial charge in [-0.05, 0) is 37.4 Å². The molecule has 1 aliphatic rings. The average molecular weight is 223 g/mol. The standard InChI is InChI=1S/C11H17N3S/c1-2-8-12-11(15)14-13-9-10-6-4-3-5-7-10/h2-4,9-10H,1,5-8H2,(H2,12,14,15)/b13-9+/t10-/m1/s1. The van der Waals surface area contributed by atoms with Crippen LogP contribution in [0.1, 0.15) is 19.3 Å². The second kappa shape index (κ2) is 7.17. The van der Waals surface area contributed by atoms with E-state index in [0.717, 1.165) is 12.8 Å². The fraction of sp³-hybridized carbons (Fsp3) is 0.455. The Morgan fingerprint density at radius 2 is 2.47 bits per heavy atom. The molecule has 0 heterocycles. The Balaban J connectivity index is 2.17. The van der Waals surface area contributed by atoms with E-state index in [0.29, 0.717) is 17.6 Å². The maximum atomic E-state index is 4.99. The lowest BCUT2D eigenvalue weighted by atomic mass is 9.96. The van der Waals surface area contributed by atoms with Gasteiger partial charge in [0.1, 0.15) is 0 Å². The van der Waals surface area contributed by atoms with E-state index in [9.17, 15) is 0 Å². The summed E-state index contributed by atoms with van der Waals surface area (Å²) in [7, 11) is 0. The van der Waals surface area contributed by atoms with Gasteiger partial charge in [0.15, 0.2) is 5.11 Å². The third kappa shape index (κ3) is 5.32. The summed E-state index contributed by atoms with van der Waals surface area (Å²) in [5.41, 5.74) is 2.78. The highest BCUT2D eigenvalue weighted by molar-refractivity contribution is 7.80. The SMILES string of the molecule is C=CCNC(=S)N/N=C/[C@@H]1CC=CCC1. The van der Waals surface area contributed by atoms with Crippen LogP contribution >= 0.6 is 12.2 Å². The molecule has 4 heteroatoms. The number of hydrogen-bond donors (Lipinski definition) is 2. The van der Waals surface area contributed by atoms with E-state index in [1.54, 1.807) is 6.08 Å². The summed E-state index contributed by atoms with van der Waals surface area (Å²) in [5, 5.41) is 7.58. The molecule has 1 rings (SSSR count). The molecule has 3 nitrogen and oxygen atoms in total. The Kier molecular flexibility index (Phi) is 5.70. The van der Waals surface area contributed by atoms with Crippen molar-refractivity contribution in [3.8, 4) is 0 Å². The van der Waals surface area contributed by atoms with Gasteiger partial charge in [-0.15, -0.1) is 6.58 Å². The van der Waals surface area contributed by atoms with Crippen LogP contribution in [0.4, 0.5) is 0 Å². The monoisotopic (exact) mass is 223 g/mol. The van der Waals surface area contributed by atoms with Crippen LogP contribution in [0.2, 0.25) is 0 Å². The summed E-state index contributed by atoms with van der Waals surface area (Å²) >= 11 is 4.99. The lowest BCUT2D eigenvalue weighted by Crippen LogP contribution is -2.32. The van der Waals surface area contributed by atoms with E-state index in [1.165, 1.54) is 6.42 Å². The topological polar surface area (TPSA) is 36.4 Å². The zero-order chi connectivity index (χ0) is 10.9. The molecule has 0 aromatic carbocycles. The molecule has 0 unspecified atom stereocenters. The van der Waals surface area contributed by atoms with E-state index in [1.807, 2.05) is 6.21 Å². The van der Waals surface area contributed by atoms with E-state index in [-0.39, 0.29) is 0 Å². The molecule has 0 spiro atoms. The number of nitrogens with zero attached hydrogens (tertiary/aromatic N) is 1. The molecule has 0 radical (unpaired) electrons. The molecular weight excluding hydrogens is 206 g/mol. The van der Waals surface area contributed by atoms with Crippen LogP contribution in [0.15, 0.2) is 29.9 Å². The van der Waals surface area contributed by atoms with Gasteiger partial charge in [-0.2, -0.15) is 5.10 Å². The van der Waals surface area contributed by atoms with Gasteiger partial charge in [0.2, 0.25) is 0 Å². The lowest BCUT2D eigenvalue weighted by Gasteiger charge is -2.12. The molecule has 2 N–H and O–H groups in total. The van der Waals surface area contributed by atoms with Crippen molar-refractivity contribution in [2.45, 2.75) is 19.3 Å². The van der Waals surface area contributed by atoms with E-state index in [2.05, 4.69) is 34.6 Å². The van der Waals surface area contributed by atoms with Crippen molar-refractivity contribution in [3.63, 3.8) is 0 Å². The minimum absolute atomic E-state index is 0.539. The smallest absolute Gasteiger partial charge is 0.187 e. The van der Waals surface area contributed by atoms with Crippen molar-refractivity contribution in [2.75, 3.05) is 6.54 Å². The number of nitrogens with one attached hydrogen (secondary N) is 2. The third-order valence-electron chi connectivity index (χ3n) is 2.17. The molecule has 0 saturated carbocycles. The first-order valence-corrected chi connectivity index (χ1v) is 5.56. The van der Waals surface area contributed by atoms with Crippen LogP contribution < -0.4 is 10.7 Å². The van der Waals surface area contributed by atoms with Crippen LogP contribution in [0, 0.1) is 5.92 Å². The van der Waals surface area contributed by atoms with Crippen LogP contribution in [0.3, 0.4) is 0 Å². The molecule has 0 saturated heterocycles. The van der Waals surface area contributed by atoms with Crippen molar-refractivity contribution in [1.29, 1.82) is 0 Å². The van der Waals surface area contributed by atoms with Crippen LogP contribution in [0.5, 0.6) is 0 Å². The van der Waals surface area contributed by atoms with Crippen molar-refractivity contribution < 1.29 is 0 Å². The maximum absolute atomic E-state index is 4.99. The molecule has 1 aliphatic carbocycles. The third-order valence-corrected chi connectivity index (χ3v) is 2.40. The molecule has 1 atom stereocenters. The average Bonchev–Trinajstić information content (AvgIpc) is 2.28. The molecular formula is C11H17N3S. The fourth-order valence-corrected chi connectivity index (χ4v) is 1.49. The molecule has 0 aromatic heterocycles. The van der Waals surface area contributed by atoms with Crippen molar-refractivity contribution in [2.24, 2.45) is 11.0 Å². The highest BCUT2D eigenvalue weighted by Gasteiger charge is 2.05. The Labute approximate surface area is 96.3 Å². The van der Waals surface area contributed by atoms with Crippen molar-refractivity contribution >= 4 is 23.5 Å². The molecule has 0 bridgehead atoms. The van der Waals surface area contributed by atoms with E-state index in [4.69, 9.17) is 12.2 Å². The number of hydrogen-bond acceptors (Lipinski definition) is 2. The highest BCUT2D eigenvalue weighted by atomic mass is 32.1. The largest absolute Gasteiger partial charge is 0.358 e. The van der Waals surface area contributed by atoms with Crippen LogP contribution in [-0.4, -0.2) is 17.9 Å². The van der Waals surface area contributed by atoms with Gasteiger partial charge in [0.25, 0.3) is 0 Å². The zero-order valence-electron chi connectivity index (χ0n) is 8.78. The summed E-state index contributed by atoms with van der Waals surface area (Å²) in [5.74, 6) is 0.546. The second-order valence-corrected chi connectivity index (χ2v) is 3.84. The summed E-state index contributed by atoms with van der Waals surface area (Å²) < 4.78 is 0. The first-order valence-electron chi connectivity index (χ1n) is 5.16. The Hall–Kier alpha value is -1.16. The first-order chi connectivity index (χ1) is 7.33. The molecule has 0 aromatic rings. The van der Waals surface area contributed by atoms with Gasteiger partial charge in [-0.25, -0.2) is 0 Å². The normalized spacial score (nSPS) is 20.1. The minimum atomic E-state index is 0.539. The Morgan fingerprint density at radius 1 is 1.60 bits per heavy atom. The van der Waals surface area contributed by atoms with Crippen LogP contribution in [0.25, 0.3) is 0 Å².